The van der Waals surface area contributed by atoms with E-state index >= 15 is 0 Å². The van der Waals surface area contributed by atoms with Crippen molar-refractivity contribution in [2.75, 3.05) is 17.1 Å². The third kappa shape index (κ3) is 7.85. The lowest BCUT2D eigenvalue weighted by Gasteiger charge is -2.33. The van der Waals surface area contributed by atoms with Crippen LogP contribution in [-0.2, 0) is 32.6 Å². The van der Waals surface area contributed by atoms with E-state index in [0.29, 0.717) is 27.7 Å². The Kier molecular flexibility index (Phi) is 10.4. The van der Waals surface area contributed by atoms with E-state index in [1.807, 2.05) is 32.9 Å². The van der Waals surface area contributed by atoms with Crippen LogP contribution in [0.15, 0.2) is 42.5 Å². The van der Waals surface area contributed by atoms with Gasteiger partial charge in [-0.2, -0.15) is 0 Å². The fraction of sp³-hybridized carbons (Fsp3) is 0.440. The molecule has 192 valence electrons. The second kappa shape index (κ2) is 12.6. The van der Waals surface area contributed by atoms with Gasteiger partial charge in [-0.25, -0.2) is 8.42 Å². The standard InChI is InChI=1S/C25H33Cl2N3O4S/c1-6-18-11-13-19(14-12-18)30(35(5,33)34)16-24(31)29(23(7-2)25(32)28-17(3)4)15-20-21(26)9-8-10-22(20)27/h8-14,17,23H,6-7,15-16H2,1-5H3,(H,28,32)/t23-/m0/s1. The Hall–Kier alpha value is -2.29. The Bertz CT molecular complexity index is 1120. The van der Waals surface area contributed by atoms with Gasteiger partial charge >= 0.3 is 0 Å². The molecule has 0 aliphatic heterocycles. The Balaban J connectivity index is 2.49. The second-order valence-corrected chi connectivity index (χ2v) is 11.3. The van der Waals surface area contributed by atoms with Gasteiger partial charge in [0.15, 0.2) is 0 Å². The van der Waals surface area contributed by atoms with Crippen molar-refractivity contribution in [2.24, 2.45) is 0 Å². The maximum Gasteiger partial charge on any atom is 0.244 e. The molecule has 0 heterocycles. The van der Waals surface area contributed by atoms with Gasteiger partial charge in [0.05, 0.1) is 11.9 Å². The minimum absolute atomic E-state index is 0.0479. The lowest BCUT2D eigenvalue weighted by atomic mass is 10.1. The van der Waals surface area contributed by atoms with Crippen LogP contribution >= 0.6 is 23.2 Å². The van der Waals surface area contributed by atoms with Crippen molar-refractivity contribution >= 4 is 50.7 Å². The number of rotatable bonds is 11. The monoisotopic (exact) mass is 541 g/mol. The van der Waals surface area contributed by atoms with Gasteiger partial charge in [0.1, 0.15) is 12.6 Å². The van der Waals surface area contributed by atoms with Crippen LogP contribution in [0.2, 0.25) is 10.0 Å². The largest absolute Gasteiger partial charge is 0.352 e. The predicted molar refractivity (Wildman–Crippen MR) is 142 cm³/mol. The van der Waals surface area contributed by atoms with E-state index in [-0.39, 0.29) is 18.5 Å². The summed E-state index contributed by atoms with van der Waals surface area (Å²) < 4.78 is 26.4. The Labute approximate surface area is 218 Å². The van der Waals surface area contributed by atoms with Crippen molar-refractivity contribution in [3.05, 3.63) is 63.6 Å². The molecule has 1 N–H and O–H groups in total. The summed E-state index contributed by atoms with van der Waals surface area (Å²) in [6, 6.07) is 11.0. The van der Waals surface area contributed by atoms with Gasteiger partial charge in [-0.05, 0) is 56.5 Å². The second-order valence-electron chi connectivity index (χ2n) is 8.60. The van der Waals surface area contributed by atoms with E-state index in [1.54, 1.807) is 37.3 Å². The van der Waals surface area contributed by atoms with E-state index in [4.69, 9.17) is 23.2 Å². The van der Waals surface area contributed by atoms with E-state index < -0.39 is 28.5 Å². The van der Waals surface area contributed by atoms with Crippen LogP contribution in [0.3, 0.4) is 0 Å². The zero-order valence-corrected chi connectivity index (χ0v) is 23.0. The number of amides is 2. The highest BCUT2D eigenvalue weighted by Crippen LogP contribution is 2.27. The summed E-state index contributed by atoms with van der Waals surface area (Å²) in [5, 5.41) is 3.54. The molecular weight excluding hydrogens is 509 g/mol. The average molecular weight is 543 g/mol. The summed E-state index contributed by atoms with van der Waals surface area (Å²) in [6.07, 6.45) is 2.16. The molecule has 0 spiro atoms. The van der Waals surface area contributed by atoms with Gasteiger partial charge in [0.2, 0.25) is 21.8 Å². The van der Waals surface area contributed by atoms with Crippen molar-refractivity contribution < 1.29 is 18.0 Å². The predicted octanol–water partition coefficient (Wildman–Crippen LogP) is 4.65. The van der Waals surface area contributed by atoms with Gasteiger partial charge in [-0.1, -0.05) is 55.2 Å². The van der Waals surface area contributed by atoms with Gasteiger partial charge in [-0.3, -0.25) is 13.9 Å². The van der Waals surface area contributed by atoms with Gasteiger partial charge in [0.25, 0.3) is 0 Å². The molecule has 1 atom stereocenters. The minimum atomic E-state index is -3.79. The molecule has 10 heteroatoms. The van der Waals surface area contributed by atoms with Gasteiger partial charge in [0, 0.05) is 28.2 Å². The number of sulfonamides is 1. The van der Waals surface area contributed by atoms with Gasteiger partial charge in [-0.15, -0.1) is 0 Å². The topological polar surface area (TPSA) is 86.8 Å². The summed E-state index contributed by atoms with van der Waals surface area (Å²) >= 11 is 12.7. The lowest BCUT2D eigenvalue weighted by Crippen LogP contribution is -2.53. The van der Waals surface area contributed by atoms with Crippen LogP contribution in [0.4, 0.5) is 5.69 Å². The average Bonchev–Trinajstić information content (AvgIpc) is 2.78. The molecule has 0 aromatic heterocycles. The highest BCUT2D eigenvalue weighted by Gasteiger charge is 2.32. The van der Waals surface area contributed by atoms with E-state index in [0.717, 1.165) is 22.5 Å². The molecule has 0 aliphatic carbocycles. The first-order valence-corrected chi connectivity index (χ1v) is 14.1. The van der Waals surface area contributed by atoms with Crippen molar-refractivity contribution in [1.82, 2.24) is 10.2 Å². The summed E-state index contributed by atoms with van der Waals surface area (Å²) in [4.78, 5) is 28.0. The molecule has 0 saturated heterocycles. The fourth-order valence-electron chi connectivity index (χ4n) is 3.67. The molecule has 2 amide bonds. The number of halogens is 2. The van der Waals surface area contributed by atoms with Crippen LogP contribution < -0.4 is 9.62 Å². The molecule has 2 aromatic carbocycles. The molecular formula is C25H33Cl2N3O4S. The number of nitrogens with zero attached hydrogens (tertiary/aromatic N) is 2. The van der Waals surface area contributed by atoms with Crippen LogP contribution in [0.5, 0.6) is 0 Å². The first-order valence-electron chi connectivity index (χ1n) is 11.5. The molecule has 7 nitrogen and oxygen atoms in total. The van der Waals surface area contributed by atoms with E-state index in [1.165, 1.54) is 4.90 Å². The molecule has 0 radical (unpaired) electrons. The number of aryl methyl sites for hydroxylation is 1. The SMILES string of the molecule is CCc1ccc(N(CC(=O)N(Cc2c(Cl)cccc2Cl)[C@@H](CC)C(=O)NC(C)C)S(C)(=O)=O)cc1. The number of hydrogen-bond donors (Lipinski definition) is 1. The summed E-state index contributed by atoms with van der Waals surface area (Å²) in [5.41, 5.74) is 1.89. The maximum atomic E-state index is 13.7. The smallest absolute Gasteiger partial charge is 0.244 e. The van der Waals surface area contributed by atoms with Crippen molar-refractivity contribution in [3.63, 3.8) is 0 Å². The summed E-state index contributed by atoms with van der Waals surface area (Å²) in [6.45, 7) is 6.92. The Morgan fingerprint density at radius 3 is 2.03 bits per heavy atom. The molecule has 0 fully saturated rings. The number of nitrogens with one attached hydrogen (secondary N) is 1. The number of anilines is 1. The lowest BCUT2D eigenvalue weighted by molar-refractivity contribution is -0.140. The normalized spacial score (nSPS) is 12.3. The highest BCUT2D eigenvalue weighted by atomic mass is 35.5. The van der Waals surface area contributed by atoms with E-state index in [9.17, 15) is 18.0 Å². The van der Waals surface area contributed by atoms with E-state index in [2.05, 4.69) is 5.32 Å². The third-order valence-electron chi connectivity index (χ3n) is 5.52. The number of carbonyl (C=O) groups excluding carboxylic acids is 2. The summed E-state index contributed by atoms with van der Waals surface area (Å²) in [7, 11) is -3.79. The zero-order valence-electron chi connectivity index (χ0n) is 20.7. The minimum Gasteiger partial charge on any atom is -0.352 e. The first kappa shape index (κ1) is 28.9. The molecule has 0 aliphatic rings. The van der Waals surface area contributed by atoms with Gasteiger partial charge < -0.3 is 10.2 Å². The highest BCUT2D eigenvalue weighted by molar-refractivity contribution is 7.92. The quantitative estimate of drug-likeness (QED) is 0.448. The first-order chi connectivity index (χ1) is 16.4. The zero-order chi connectivity index (χ0) is 26.3. The summed E-state index contributed by atoms with van der Waals surface area (Å²) in [5.74, 6) is -0.881. The molecule has 2 aromatic rings. The van der Waals surface area contributed by atoms with Crippen molar-refractivity contribution in [3.8, 4) is 0 Å². The van der Waals surface area contributed by atoms with Crippen LogP contribution in [-0.4, -0.2) is 50.0 Å². The van der Waals surface area contributed by atoms with Crippen LogP contribution in [0.25, 0.3) is 0 Å². The molecule has 2 rings (SSSR count). The van der Waals surface area contributed by atoms with Crippen molar-refractivity contribution in [1.29, 1.82) is 0 Å². The Morgan fingerprint density at radius 2 is 1.57 bits per heavy atom. The molecule has 35 heavy (non-hydrogen) atoms. The van der Waals surface area contributed by atoms with Crippen molar-refractivity contribution in [2.45, 2.75) is 59.2 Å². The van der Waals surface area contributed by atoms with Crippen LogP contribution in [0.1, 0.15) is 45.2 Å². The molecule has 0 bridgehead atoms. The maximum absolute atomic E-state index is 13.7. The molecule has 0 unspecified atom stereocenters. The molecule has 0 saturated carbocycles. The third-order valence-corrected chi connectivity index (χ3v) is 7.37. The Morgan fingerprint density at radius 1 is 1.00 bits per heavy atom. The van der Waals surface area contributed by atoms with Crippen LogP contribution in [0, 0.1) is 0 Å². The fourth-order valence-corrected chi connectivity index (χ4v) is 5.03. The number of hydrogen-bond acceptors (Lipinski definition) is 4. The number of benzene rings is 2. The number of carbonyl (C=O) groups is 2.